The molecular weight excluding hydrogens is 456 g/mol. The molecule has 0 saturated heterocycles. The minimum absolute atomic E-state index is 0.316. The smallest absolute Gasteiger partial charge is 0.412 e. The number of hydrogen-bond acceptors (Lipinski definition) is 7. The van der Waals surface area contributed by atoms with Gasteiger partial charge in [-0.05, 0) is 58.0 Å². The number of aryl methyl sites for hydroxylation is 1. The van der Waals surface area contributed by atoms with Gasteiger partial charge in [-0.1, -0.05) is 17.7 Å². The molecule has 0 unspecified atom stereocenters. The third-order valence-corrected chi connectivity index (χ3v) is 5.05. The molecular formula is C24H25ClN6O3. The van der Waals surface area contributed by atoms with Crippen LogP contribution in [0.2, 0.25) is 5.02 Å². The topological polar surface area (TPSA) is 103 Å². The average molecular weight is 481 g/mol. The van der Waals surface area contributed by atoms with Gasteiger partial charge in [0.25, 0.3) is 0 Å². The molecule has 0 aliphatic heterocycles. The lowest BCUT2D eigenvalue weighted by Gasteiger charge is -2.19. The summed E-state index contributed by atoms with van der Waals surface area (Å²) in [6.45, 7) is 7.62. The van der Waals surface area contributed by atoms with Crippen LogP contribution in [0.5, 0.6) is 5.75 Å². The fourth-order valence-electron chi connectivity index (χ4n) is 3.26. The number of nitrogens with zero attached hydrogens (tertiary/aromatic N) is 4. The number of benzene rings is 1. The van der Waals surface area contributed by atoms with Crippen LogP contribution in [0.25, 0.3) is 5.52 Å². The minimum atomic E-state index is -0.601. The third kappa shape index (κ3) is 5.55. The summed E-state index contributed by atoms with van der Waals surface area (Å²) in [5, 5.41) is 10.7. The number of carbonyl (C=O) groups is 1. The first-order valence-corrected chi connectivity index (χ1v) is 11.0. The monoisotopic (exact) mass is 480 g/mol. The van der Waals surface area contributed by atoms with E-state index in [0.29, 0.717) is 34.4 Å². The normalized spacial score (nSPS) is 11.3. The number of aromatic nitrogens is 4. The van der Waals surface area contributed by atoms with Crippen molar-refractivity contribution in [3.05, 3.63) is 71.4 Å². The van der Waals surface area contributed by atoms with Crippen LogP contribution in [0.15, 0.2) is 55.1 Å². The van der Waals surface area contributed by atoms with Crippen molar-refractivity contribution in [2.45, 2.75) is 39.9 Å². The SMILES string of the molecule is Cc1c(NC(=O)OC(C)(C)C)cn2ncnc(Nc3ccc(OCc4ccccn4)c(Cl)c3)c12. The van der Waals surface area contributed by atoms with Crippen molar-refractivity contribution in [2.24, 2.45) is 0 Å². The van der Waals surface area contributed by atoms with Gasteiger partial charge in [-0.3, -0.25) is 10.3 Å². The summed E-state index contributed by atoms with van der Waals surface area (Å²) < 4.78 is 12.8. The predicted molar refractivity (Wildman–Crippen MR) is 131 cm³/mol. The Morgan fingerprint density at radius 2 is 2.00 bits per heavy atom. The summed E-state index contributed by atoms with van der Waals surface area (Å²) in [5.74, 6) is 1.11. The van der Waals surface area contributed by atoms with Crippen LogP contribution in [0, 0.1) is 6.92 Å². The first-order chi connectivity index (χ1) is 16.2. The van der Waals surface area contributed by atoms with E-state index in [1.165, 1.54) is 6.33 Å². The summed E-state index contributed by atoms with van der Waals surface area (Å²) in [4.78, 5) is 20.8. The zero-order valence-electron chi connectivity index (χ0n) is 19.3. The maximum Gasteiger partial charge on any atom is 0.412 e. The molecule has 0 aliphatic carbocycles. The van der Waals surface area contributed by atoms with Crippen molar-refractivity contribution in [2.75, 3.05) is 10.6 Å². The van der Waals surface area contributed by atoms with E-state index >= 15 is 0 Å². The summed E-state index contributed by atoms with van der Waals surface area (Å²) in [6.07, 6.45) is 4.32. The van der Waals surface area contributed by atoms with Gasteiger partial charge in [0.15, 0.2) is 5.82 Å². The van der Waals surface area contributed by atoms with Crippen LogP contribution in [-0.4, -0.2) is 31.3 Å². The fourth-order valence-corrected chi connectivity index (χ4v) is 3.49. The van der Waals surface area contributed by atoms with Crippen molar-refractivity contribution in [3.8, 4) is 5.75 Å². The number of halogens is 1. The molecule has 0 spiro atoms. The number of hydrogen-bond donors (Lipinski definition) is 2. The lowest BCUT2D eigenvalue weighted by molar-refractivity contribution is 0.0636. The molecule has 1 amide bonds. The number of fused-ring (bicyclic) bond motifs is 1. The molecule has 34 heavy (non-hydrogen) atoms. The molecule has 0 atom stereocenters. The van der Waals surface area contributed by atoms with Crippen molar-refractivity contribution >= 4 is 40.4 Å². The second-order valence-corrected chi connectivity index (χ2v) is 8.98. The van der Waals surface area contributed by atoms with E-state index in [0.717, 1.165) is 16.9 Å². The Hall–Kier alpha value is -3.85. The Balaban J connectivity index is 1.52. The van der Waals surface area contributed by atoms with Gasteiger partial charge in [0.05, 0.1) is 22.6 Å². The standard InChI is InChI=1S/C24H25ClN6O3/c1-15-19(30-23(32)34-24(2,3)4)12-31-21(15)22(27-14-28-31)29-16-8-9-20(18(25)11-16)33-13-17-7-5-6-10-26-17/h5-12,14H,13H2,1-4H3,(H,30,32)(H,27,28,29). The van der Waals surface area contributed by atoms with Crippen LogP contribution < -0.4 is 15.4 Å². The molecule has 0 fully saturated rings. The van der Waals surface area contributed by atoms with Crippen LogP contribution in [-0.2, 0) is 11.3 Å². The Morgan fingerprint density at radius 1 is 1.18 bits per heavy atom. The molecule has 0 saturated carbocycles. The summed E-state index contributed by atoms with van der Waals surface area (Å²) in [7, 11) is 0. The maximum absolute atomic E-state index is 12.2. The highest BCUT2D eigenvalue weighted by Crippen LogP contribution is 2.32. The maximum atomic E-state index is 12.2. The first kappa shape index (κ1) is 23.3. The molecule has 3 aromatic heterocycles. The molecule has 2 N–H and O–H groups in total. The Morgan fingerprint density at radius 3 is 2.71 bits per heavy atom. The quantitative estimate of drug-likeness (QED) is 0.362. The zero-order valence-corrected chi connectivity index (χ0v) is 20.1. The van der Waals surface area contributed by atoms with Gasteiger partial charge >= 0.3 is 6.09 Å². The molecule has 10 heteroatoms. The molecule has 1 aromatic carbocycles. The van der Waals surface area contributed by atoms with E-state index in [1.807, 2.05) is 52.0 Å². The fraction of sp³-hybridized carbons (Fsp3) is 0.250. The van der Waals surface area contributed by atoms with E-state index in [1.54, 1.807) is 29.0 Å². The lowest BCUT2D eigenvalue weighted by atomic mass is 10.2. The van der Waals surface area contributed by atoms with E-state index in [2.05, 4.69) is 25.7 Å². The van der Waals surface area contributed by atoms with Gasteiger partial charge in [-0.2, -0.15) is 5.10 Å². The van der Waals surface area contributed by atoms with Gasteiger partial charge in [0.1, 0.15) is 29.8 Å². The van der Waals surface area contributed by atoms with E-state index in [4.69, 9.17) is 21.1 Å². The molecule has 0 bridgehead atoms. The Labute approximate surface area is 202 Å². The lowest BCUT2D eigenvalue weighted by Crippen LogP contribution is -2.27. The largest absolute Gasteiger partial charge is 0.486 e. The second kappa shape index (κ2) is 9.56. The molecule has 9 nitrogen and oxygen atoms in total. The molecule has 0 radical (unpaired) electrons. The third-order valence-electron chi connectivity index (χ3n) is 4.76. The molecule has 4 aromatic rings. The Bertz CT molecular complexity index is 1320. The predicted octanol–water partition coefficient (Wildman–Crippen LogP) is 5.76. The summed E-state index contributed by atoms with van der Waals surface area (Å²) in [5.41, 5.74) is 3.00. The van der Waals surface area contributed by atoms with Crippen molar-refractivity contribution in [1.82, 2.24) is 19.6 Å². The van der Waals surface area contributed by atoms with Gasteiger partial charge in [-0.15, -0.1) is 0 Å². The molecule has 3 heterocycles. The average Bonchev–Trinajstić information content (AvgIpc) is 3.08. The van der Waals surface area contributed by atoms with Gasteiger partial charge in [-0.25, -0.2) is 14.3 Å². The van der Waals surface area contributed by atoms with Crippen LogP contribution >= 0.6 is 11.6 Å². The molecule has 4 rings (SSSR count). The second-order valence-electron chi connectivity index (χ2n) is 8.58. The number of anilines is 3. The highest BCUT2D eigenvalue weighted by Gasteiger charge is 2.19. The van der Waals surface area contributed by atoms with Crippen molar-refractivity contribution in [1.29, 1.82) is 0 Å². The first-order valence-electron chi connectivity index (χ1n) is 10.6. The number of carbonyl (C=O) groups excluding carboxylic acids is 1. The van der Waals surface area contributed by atoms with Gasteiger partial charge < -0.3 is 14.8 Å². The van der Waals surface area contributed by atoms with Crippen LogP contribution in [0.3, 0.4) is 0 Å². The molecule has 0 aliphatic rings. The number of nitrogens with one attached hydrogen (secondary N) is 2. The van der Waals surface area contributed by atoms with Crippen molar-refractivity contribution in [3.63, 3.8) is 0 Å². The zero-order chi connectivity index (χ0) is 24.3. The van der Waals surface area contributed by atoms with Gasteiger partial charge in [0, 0.05) is 17.4 Å². The number of pyridine rings is 1. The minimum Gasteiger partial charge on any atom is -0.486 e. The van der Waals surface area contributed by atoms with E-state index in [9.17, 15) is 4.79 Å². The molecule has 176 valence electrons. The number of rotatable bonds is 6. The Kier molecular flexibility index (Phi) is 6.56. The highest BCUT2D eigenvalue weighted by molar-refractivity contribution is 6.32. The van der Waals surface area contributed by atoms with Gasteiger partial charge in [0.2, 0.25) is 0 Å². The van der Waals surface area contributed by atoms with Crippen LogP contribution in [0.1, 0.15) is 32.0 Å². The number of amides is 1. The summed E-state index contributed by atoms with van der Waals surface area (Å²) >= 11 is 6.44. The van der Waals surface area contributed by atoms with Crippen molar-refractivity contribution < 1.29 is 14.3 Å². The summed E-state index contributed by atoms with van der Waals surface area (Å²) in [6, 6.07) is 11.0. The van der Waals surface area contributed by atoms with E-state index in [-0.39, 0.29) is 0 Å². The van der Waals surface area contributed by atoms with E-state index < -0.39 is 11.7 Å². The highest BCUT2D eigenvalue weighted by atomic mass is 35.5. The van der Waals surface area contributed by atoms with Crippen LogP contribution in [0.4, 0.5) is 22.0 Å². The number of ether oxygens (including phenoxy) is 2.